The van der Waals surface area contributed by atoms with E-state index < -0.39 is 0 Å². The first-order valence-corrected chi connectivity index (χ1v) is 9.21. The SMILES string of the molecule is Cc1cccc(NC(=O)CSCc2nc(-c3cccc(F)c3)no2)c1C. The van der Waals surface area contributed by atoms with Gasteiger partial charge in [0.25, 0.3) is 0 Å². The molecule has 1 amide bonds. The topological polar surface area (TPSA) is 68.0 Å². The second-order valence-electron chi connectivity index (χ2n) is 5.81. The van der Waals surface area contributed by atoms with Crippen molar-refractivity contribution in [2.75, 3.05) is 11.1 Å². The molecule has 0 unspecified atom stereocenters. The Morgan fingerprint density at radius 3 is 2.85 bits per heavy atom. The molecule has 1 aromatic heterocycles. The molecule has 1 N–H and O–H groups in total. The lowest BCUT2D eigenvalue weighted by Gasteiger charge is -2.09. The smallest absolute Gasteiger partial charge is 0.236 e. The van der Waals surface area contributed by atoms with Gasteiger partial charge in [0.2, 0.25) is 17.6 Å². The van der Waals surface area contributed by atoms with Crippen LogP contribution in [0, 0.1) is 19.7 Å². The number of hydrogen-bond donors (Lipinski definition) is 1. The van der Waals surface area contributed by atoms with Crippen LogP contribution in [0.5, 0.6) is 0 Å². The zero-order chi connectivity index (χ0) is 18.5. The van der Waals surface area contributed by atoms with Crippen LogP contribution in [0.1, 0.15) is 17.0 Å². The minimum Gasteiger partial charge on any atom is -0.338 e. The van der Waals surface area contributed by atoms with Crippen molar-refractivity contribution in [1.29, 1.82) is 0 Å². The molecule has 0 aliphatic rings. The van der Waals surface area contributed by atoms with E-state index in [1.54, 1.807) is 12.1 Å². The van der Waals surface area contributed by atoms with E-state index in [2.05, 4.69) is 15.5 Å². The largest absolute Gasteiger partial charge is 0.338 e. The zero-order valence-electron chi connectivity index (χ0n) is 14.5. The quantitative estimate of drug-likeness (QED) is 0.697. The second kappa shape index (κ2) is 8.14. The highest BCUT2D eigenvalue weighted by Gasteiger charge is 2.11. The normalized spacial score (nSPS) is 10.7. The molecule has 0 fully saturated rings. The van der Waals surface area contributed by atoms with Crippen LogP contribution in [-0.2, 0) is 10.5 Å². The number of nitrogens with one attached hydrogen (secondary N) is 1. The average Bonchev–Trinajstić information content (AvgIpc) is 3.08. The number of aromatic nitrogens is 2. The molecule has 0 aliphatic heterocycles. The Labute approximate surface area is 155 Å². The molecule has 3 aromatic rings. The van der Waals surface area contributed by atoms with Gasteiger partial charge in [0.15, 0.2) is 0 Å². The van der Waals surface area contributed by atoms with Crippen molar-refractivity contribution in [3.05, 3.63) is 65.3 Å². The summed E-state index contributed by atoms with van der Waals surface area (Å²) in [7, 11) is 0. The molecule has 2 aromatic carbocycles. The van der Waals surface area contributed by atoms with Crippen LogP contribution in [-0.4, -0.2) is 21.8 Å². The van der Waals surface area contributed by atoms with Crippen LogP contribution >= 0.6 is 11.8 Å². The summed E-state index contributed by atoms with van der Waals surface area (Å²) >= 11 is 1.37. The van der Waals surface area contributed by atoms with E-state index in [1.807, 2.05) is 32.0 Å². The molecular weight excluding hydrogens is 353 g/mol. The van der Waals surface area contributed by atoms with E-state index in [9.17, 15) is 9.18 Å². The van der Waals surface area contributed by atoms with Crippen LogP contribution in [0.4, 0.5) is 10.1 Å². The van der Waals surface area contributed by atoms with Gasteiger partial charge in [-0.2, -0.15) is 4.98 Å². The van der Waals surface area contributed by atoms with Crippen molar-refractivity contribution in [1.82, 2.24) is 10.1 Å². The van der Waals surface area contributed by atoms with Gasteiger partial charge in [-0.05, 0) is 43.2 Å². The monoisotopic (exact) mass is 371 g/mol. The number of amides is 1. The Hall–Kier alpha value is -2.67. The second-order valence-corrected chi connectivity index (χ2v) is 6.80. The van der Waals surface area contributed by atoms with Crippen molar-refractivity contribution in [3.63, 3.8) is 0 Å². The van der Waals surface area contributed by atoms with Crippen LogP contribution in [0.25, 0.3) is 11.4 Å². The lowest BCUT2D eigenvalue weighted by Crippen LogP contribution is -2.15. The molecule has 0 spiro atoms. The molecule has 134 valence electrons. The number of nitrogens with zero attached hydrogens (tertiary/aromatic N) is 2. The molecule has 3 rings (SSSR count). The molecule has 0 bridgehead atoms. The average molecular weight is 371 g/mol. The summed E-state index contributed by atoms with van der Waals surface area (Å²) in [6, 6.07) is 11.8. The standard InChI is InChI=1S/C19H18FN3O2S/c1-12-5-3-8-16(13(12)2)21-17(24)10-26-11-18-22-19(23-25-18)14-6-4-7-15(20)9-14/h3-9H,10-11H2,1-2H3,(H,21,24). The Morgan fingerprint density at radius 2 is 2.04 bits per heavy atom. The van der Waals surface area contributed by atoms with Gasteiger partial charge in [-0.25, -0.2) is 4.39 Å². The van der Waals surface area contributed by atoms with Crippen molar-refractivity contribution in [2.45, 2.75) is 19.6 Å². The summed E-state index contributed by atoms with van der Waals surface area (Å²) in [6.45, 7) is 3.98. The fourth-order valence-corrected chi connectivity index (χ4v) is 3.01. The molecule has 5 nitrogen and oxygen atoms in total. The van der Waals surface area contributed by atoms with Crippen molar-refractivity contribution in [3.8, 4) is 11.4 Å². The maximum absolute atomic E-state index is 13.2. The predicted octanol–water partition coefficient (Wildman–Crippen LogP) is 4.36. The molecule has 26 heavy (non-hydrogen) atoms. The summed E-state index contributed by atoms with van der Waals surface area (Å²) in [5.74, 6) is 0.960. The third kappa shape index (κ3) is 4.49. The molecule has 0 saturated heterocycles. The number of rotatable bonds is 6. The number of thioether (sulfide) groups is 1. The van der Waals surface area contributed by atoms with E-state index in [0.717, 1.165) is 16.8 Å². The summed E-state index contributed by atoms with van der Waals surface area (Å²) in [5, 5.41) is 6.75. The summed E-state index contributed by atoms with van der Waals surface area (Å²) in [4.78, 5) is 16.3. The number of carbonyl (C=O) groups is 1. The van der Waals surface area contributed by atoms with Gasteiger partial charge >= 0.3 is 0 Å². The van der Waals surface area contributed by atoms with Crippen LogP contribution < -0.4 is 5.32 Å². The molecule has 1 heterocycles. The highest BCUT2D eigenvalue weighted by molar-refractivity contribution is 7.99. The maximum atomic E-state index is 13.2. The molecular formula is C19H18FN3O2S. The van der Waals surface area contributed by atoms with E-state index in [1.165, 1.54) is 23.9 Å². The number of aryl methyl sites for hydroxylation is 1. The first-order valence-electron chi connectivity index (χ1n) is 8.05. The van der Waals surface area contributed by atoms with E-state index >= 15 is 0 Å². The van der Waals surface area contributed by atoms with Crippen LogP contribution in [0.15, 0.2) is 47.0 Å². The van der Waals surface area contributed by atoms with Crippen LogP contribution in [0.3, 0.4) is 0 Å². The van der Waals surface area contributed by atoms with E-state index in [-0.39, 0.29) is 17.5 Å². The first kappa shape index (κ1) is 18.1. The van der Waals surface area contributed by atoms with Crippen LogP contribution in [0.2, 0.25) is 0 Å². The Kier molecular flexibility index (Phi) is 5.68. The summed E-state index contributed by atoms with van der Waals surface area (Å²) < 4.78 is 18.4. The van der Waals surface area contributed by atoms with Gasteiger partial charge in [-0.15, -0.1) is 11.8 Å². The lowest BCUT2D eigenvalue weighted by molar-refractivity contribution is -0.113. The Bertz CT molecular complexity index is 927. The van der Waals surface area contributed by atoms with E-state index in [4.69, 9.17) is 4.52 Å². The lowest BCUT2D eigenvalue weighted by atomic mass is 10.1. The van der Waals surface area contributed by atoms with Gasteiger partial charge in [0, 0.05) is 11.3 Å². The number of benzene rings is 2. The highest BCUT2D eigenvalue weighted by atomic mass is 32.2. The van der Waals surface area contributed by atoms with Gasteiger partial charge in [-0.3, -0.25) is 4.79 Å². The predicted molar refractivity (Wildman–Crippen MR) is 100 cm³/mol. The highest BCUT2D eigenvalue weighted by Crippen LogP contribution is 2.20. The van der Waals surface area contributed by atoms with Crippen molar-refractivity contribution >= 4 is 23.4 Å². The van der Waals surface area contributed by atoms with Crippen molar-refractivity contribution in [2.24, 2.45) is 0 Å². The Morgan fingerprint density at radius 1 is 1.23 bits per heavy atom. The number of hydrogen-bond acceptors (Lipinski definition) is 5. The zero-order valence-corrected chi connectivity index (χ0v) is 15.3. The molecule has 0 radical (unpaired) electrons. The first-order chi connectivity index (χ1) is 12.5. The third-order valence-corrected chi connectivity index (χ3v) is 4.81. The van der Waals surface area contributed by atoms with Gasteiger partial charge < -0.3 is 9.84 Å². The molecule has 0 saturated carbocycles. The Balaban J connectivity index is 1.52. The molecule has 7 heteroatoms. The summed E-state index contributed by atoms with van der Waals surface area (Å²) in [5.41, 5.74) is 3.56. The number of halogens is 1. The number of anilines is 1. The fraction of sp³-hybridized carbons (Fsp3) is 0.211. The van der Waals surface area contributed by atoms with Gasteiger partial charge in [-0.1, -0.05) is 29.4 Å². The minimum atomic E-state index is -0.355. The third-order valence-electron chi connectivity index (χ3n) is 3.89. The fourth-order valence-electron chi connectivity index (χ4n) is 2.36. The summed E-state index contributed by atoms with van der Waals surface area (Å²) in [6.07, 6.45) is 0. The molecule has 0 atom stereocenters. The van der Waals surface area contributed by atoms with Crippen molar-refractivity contribution < 1.29 is 13.7 Å². The van der Waals surface area contributed by atoms with Gasteiger partial charge in [0.1, 0.15) is 5.82 Å². The number of carbonyl (C=O) groups excluding carboxylic acids is 1. The molecule has 0 aliphatic carbocycles. The van der Waals surface area contributed by atoms with E-state index in [0.29, 0.717) is 23.0 Å². The maximum Gasteiger partial charge on any atom is 0.236 e. The van der Waals surface area contributed by atoms with Gasteiger partial charge in [0.05, 0.1) is 11.5 Å². The minimum absolute atomic E-state index is 0.0893.